The van der Waals surface area contributed by atoms with Crippen LogP contribution in [0.1, 0.15) is 57.0 Å². The number of rotatable bonds is 4. The minimum atomic E-state index is -0.237. The van der Waals surface area contributed by atoms with Gasteiger partial charge in [-0.05, 0) is 92.7 Å². The Bertz CT molecular complexity index is 1500. The van der Waals surface area contributed by atoms with Gasteiger partial charge in [-0.25, -0.2) is 4.98 Å². The van der Waals surface area contributed by atoms with Crippen molar-refractivity contribution in [2.45, 2.75) is 57.2 Å². The molecule has 37 heavy (non-hydrogen) atoms. The Balaban J connectivity index is 1.18. The van der Waals surface area contributed by atoms with Crippen LogP contribution in [0.15, 0.2) is 65.8 Å². The highest BCUT2D eigenvalue weighted by atomic mass is 15.1. The molecule has 3 aliphatic rings. The Morgan fingerprint density at radius 1 is 0.784 bits per heavy atom. The molecule has 188 valence electrons. The van der Waals surface area contributed by atoms with E-state index in [9.17, 15) is 0 Å². The molecule has 4 N–H and O–H groups in total. The first-order chi connectivity index (χ1) is 18.0. The third-order valence-corrected chi connectivity index (χ3v) is 8.20. The van der Waals surface area contributed by atoms with Crippen molar-refractivity contribution in [2.75, 3.05) is 18.4 Å². The van der Waals surface area contributed by atoms with E-state index in [2.05, 4.69) is 94.4 Å². The Hall–Kier alpha value is -3.48. The maximum atomic E-state index is 5.07. The van der Waals surface area contributed by atoms with E-state index in [1.807, 2.05) is 6.20 Å². The predicted octanol–water partition coefficient (Wildman–Crippen LogP) is 6.13. The molecule has 0 spiro atoms. The quantitative estimate of drug-likeness (QED) is 0.277. The maximum absolute atomic E-state index is 5.07. The van der Waals surface area contributed by atoms with Crippen LogP contribution < -0.4 is 16.0 Å². The predicted molar refractivity (Wildman–Crippen MR) is 152 cm³/mol. The summed E-state index contributed by atoms with van der Waals surface area (Å²) in [6, 6.07) is 20.9. The highest BCUT2D eigenvalue weighted by Crippen LogP contribution is 2.39. The number of hydrogen-bond acceptors (Lipinski definition) is 5. The SMILES string of the molecule is CC1(C)N=C([C@@H]2CCCN2)Nc2cc(-c3ccc4cc(-c5cnc([C@@H]6CCCN6)[nH]5)ccc4c3)ccc21. The fraction of sp³-hybridized carbons (Fsp3) is 0.355. The fourth-order valence-electron chi connectivity index (χ4n) is 6.14. The Labute approximate surface area is 218 Å². The van der Waals surface area contributed by atoms with Crippen molar-refractivity contribution in [1.29, 1.82) is 0 Å². The number of aliphatic imine (C=N–C) groups is 1. The van der Waals surface area contributed by atoms with Crippen molar-refractivity contribution >= 4 is 22.3 Å². The van der Waals surface area contributed by atoms with E-state index < -0.39 is 0 Å². The van der Waals surface area contributed by atoms with E-state index in [-0.39, 0.29) is 5.54 Å². The van der Waals surface area contributed by atoms with Crippen LogP contribution in [-0.2, 0) is 5.54 Å². The van der Waals surface area contributed by atoms with Gasteiger partial charge in [0.2, 0.25) is 0 Å². The second-order valence-electron chi connectivity index (χ2n) is 11.2. The van der Waals surface area contributed by atoms with Crippen LogP contribution in [0.2, 0.25) is 0 Å². The van der Waals surface area contributed by atoms with Crippen LogP contribution in [-0.4, -0.2) is 34.9 Å². The summed E-state index contributed by atoms with van der Waals surface area (Å²) in [5.74, 6) is 2.12. The molecule has 6 nitrogen and oxygen atoms in total. The number of benzene rings is 3. The molecular formula is C31H34N6. The number of aromatic amines is 1. The fourth-order valence-corrected chi connectivity index (χ4v) is 6.14. The molecule has 6 heteroatoms. The summed E-state index contributed by atoms with van der Waals surface area (Å²) < 4.78 is 0. The van der Waals surface area contributed by atoms with E-state index in [4.69, 9.17) is 4.99 Å². The molecule has 0 saturated carbocycles. The van der Waals surface area contributed by atoms with Crippen molar-refractivity contribution in [3.8, 4) is 22.4 Å². The molecule has 0 aliphatic carbocycles. The third-order valence-electron chi connectivity index (χ3n) is 8.20. The van der Waals surface area contributed by atoms with Crippen molar-refractivity contribution in [2.24, 2.45) is 4.99 Å². The summed E-state index contributed by atoms with van der Waals surface area (Å²) in [7, 11) is 0. The Morgan fingerprint density at radius 2 is 1.46 bits per heavy atom. The molecule has 0 unspecified atom stereocenters. The van der Waals surface area contributed by atoms with Gasteiger partial charge in [-0.2, -0.15) is 0 Å². The number of amidine groups is 1. The van der Waals surface area contributed by atoms with Crippen LogP contribution in [0.25, 0.3) is 33.2 Å². The second kappa shape index (κ2) is 8.82. The average Bonchev–Trinajstić information content (AvgIpc) is 3.69. The highest BCUT2D eigenvalue weighted by molar-refractivity contribution is 6.03. The zero-order chi connectivity index (χ0) is 25.0. The lowest BCUT2D eigenvalue weighted by Crippen LogP contribution is -2.40. The topological polar surface area (TPSA) is 77.1 Å². The summed E-state index contributed by atoms with van der Waals surface area (Å²) in [6.45, 7) is 6.56. The standard InChI is InChI=1S/C31H34N6/c1-31(2)24-12-11-22(17-27(24)35-30(37-31)26-6-4-14-33-26)20-7-8-21-16-23(10-9-19(21)15-20)28-18-34-29(36-28)25-5-3-13-32-25/h7-12,15-18,25-26,32-33H,3-6,13-14H2,1-2H3,(H,34,36)(H,35,37)/t25-,26-/m0/s1. The van der Waals surface area contributed by atoms with Crippen molar-refractivity contribution in [1.82, 2.24) is 20.6 Å². The molecule has 7 rings (SSSR count). The number of anilines is 1. The molecule has 2 atom stereocenters. The minimum Gasteiger partial charge on any atom is -0.342 e. The van der Waals surface area contributed by atoms with Crippen molar-refractivity contribution in [3.05, 3.63) is 72.2 Å². The van der Waals surface area contributed by atoms with E-state index in [1.54, 1.807) is 0 Å². The minimum absolute atomic E-state index is 0.237. The van der Waals surface area contributed by atoms with E-state index >= 15 is 0 Å². The molecule has 2 fully saturated rings. The lowest BCUT2D eigenvalue weighted by atomic mass is 9.88. The average molecular weight is 491 g/mol. The largest absolute Gasteiger partial charge is 0.342 e. The number of nitrogens with one attached hydrogen (secondary N) is 4. The molecule has 2 saturated heterocycles. The summed E-state index contributed by atoms with van der Waals surface area (Å²) in [5, 5.41) is 13.2. The smallest absolute Gasteiger partial charge is 0.123 e. The van der Waals surface area contributed by atoms with Crippen LogP contribution in [0.5, 0.6) is 0 Å². The van der Waals surface area contributed by atoms with Gasteiger partial charge in [-0.3, -0.25) is 4.99 Å². The summed E-state index contributed by atoms with van der Waals surface area (Å²) in [5.41, 5.74) is 6.87. The van der Waals surface area contributed by atoms with Gasteiger partial charge in [-0.15, -0.1) is 0 Å². The number of H-pyrrole nitrogens is 1. The summed E-state index contributed by atoms with van der Waals surface area (Å²) >= 11 is 0. The number of hydrogen-bond donors (Lipinski definition) is 4. The van der Waals surface area contributed by atoms with Gasteiger partial charge >= 0.3 is 0 Å². The number of fused-ring (bicyclic) bond motifs is 2. The van der Waals surface area contributed by atoms with Gasteiger partial charge in [0.25, 0.3) is 0 Å². The van der Waals surface area contributed by atoms with E-state index in [0.29, 0.717) is 12.1 Å². The van der Waals surface area contributed by atoms with Crippen LogP contribution in [0.3, 0.4) is 0 Å². The first-order valence-corrected chi connectivity index (χ1v) is 13.6. The Morgan fingerprint density at radius 3 is 2.22 bits per heavy atom. The van der Waals surface area contributed by atoms with Crippen LogP contribution in [0.4, 0.5) is 5.69 Å². The number of nitrogens with zero attached hydrogens (tertiary/aromatic N) is 2. The zero-order valence-corrected chi connectivity index (χ0v) is 21.6. The zero-order valence-electron chi connectivity index (χ0n) is 21.6. The van der Waals surface area contributed by atoms with E-state index in [1.165, 1.54) is 51.6 Å². The second-order valence-corrected chi connectivity index (χ2v) is 11.2. The number of aromatic nitrogens is 2. The van der Waals surface area contributed by atoms with Gasteiger partial charge in [0, 0.05) is 16.8 Å². The lowest BCUT2D eigenvalue weighted by Gasteiger charge is -2.33. The molecule has 0 radical (unpaired) electrons. The third kappa shape index (κ3) is 4.14. The molecule has 3 aliphatic heterocycles. The normalized spacial score (nSPS) is 22.6. The molecule has 1 aromatic heterocycles. The van der Waals surface area contributed by atoms with Crippen LogP contribution in [0, 0.1) is 0 Å². The van der Waals surface area contributed by atoms with Crippen LogP contribution >= 0.6 is 0 Å². The van der Waals surface area contributed by atoms with Gasteiger partial charge in [0.05, 0.1) is 29.5 Å². The molecule has 0 amide bonds. The molecule has 4 heterocycles. The van der Waals surface area contributed by atoms with Crippen molar-refractivity contribution in [3.63, 3.8) is 0 Å². The lowest BCUT2D eigenvalue weighted by molar-refractivity contribution is 0.547. The van der Waals surface area contributed by atoms with Gasteiger partial charge < -0.3 is 20.9 Å². The Kier molecular flexibility index (Phi) is 5.41. The van der Waals surface area contributed by atoms with Gasteiger partial charge in [-0.1, -0.05) is 36.4 Å². The van der Waals surface area contributed by atoms with Crippen molar-refractivity contribution < 1.29 is 0 Å². The molecular weight excluding hydrogens is 456 g/mol. The van der Waals surface area contributed by atoms with E-state index in [0.717, 1.165) is 43.3 Å². The van der Waals surface area contributed by atoms with Gasteiger partial charge in [0.1, 0.15) is 11.7 Å². The maximum Gasteiger partial charge on any atom is 0.123 e. The summed E-state index contributed by atoms with van der Waals surface area (Å²) in [4.78, 5) is 13.3. The number of imidazole rings is 1. The monoisotopic (exact) mass is 490 g/mol. The highest BCUT2D eigenvalue weighted by Gasteiger charge is 2.32. The summed E-state index contributed by atoms with van der Waals surface area (Å²) in [6.07, 6.45) is 6.67. The first kappa shape index (κ1) is 22.7. The molecule has 0 bridgehead atoms. The first-order valence-electron chi connectivity index (χ1n) is 13.6. The van der Waals surface area contributed by atoms with Gasteiger partial charge in [0.15, 0.2) is 0 Å². The molecule has 3 aromatic carbocycles. The molecule has 4 aromatic rings.